The van der Waals surface area contributed by atoms with Gasteiger partial charge in [0.1, 0.15) is 5.82 Å². The first-order chi connectivity index (χ1) is 9.16. The van der Waals surface area contributed by atoms with Crippen LogP contribution in [0.5, 0.6) is 0 Å². The van der Waals surface area contributed by atoms with Crippen molar-refractivity contribution >= 4 is 29.2 Å². The van der Waals surface area contributed by atoms with Gasteiger partial charge in [-0.1, -0.05) is 23.8 Å². The van der Waals surface area contributed by atoms with Crippen LogP contribution >= 0.6 is 11.6 Å². The van der Waals surface area contributed by atoms with Gasteiger partial charge in [0.15, 0.2) is 0 Å². The minimum absolute atomic E-state index is 0.124. The molecule has 0 N–H and O–H groups in total. The van der Waals surface area contributed by atoms with E-state index in [4.69, 9.17) is 11.6 Å². The zero-order valence-corrected chi connectivity index (χ0v) is 10.7. The van der Waals surface area contributed by atoms with Crippen LogP contribution in [0.15, 0.2) is 30.5 Å². The van der Waals surface area contributed by atoms with Crippen molar-refractivity contribution in [3.05, 3.63) is 35.5 Å². The molecule has 3 aliphatic rings. The molecule has 1 aromatic heterocycles. The quantitative estimate of drug-likeness (QED) is 0.582. The first-order valence-electron chi connectivity index (χ1n) is 6.34. The van der Waals surface area contributed by atoms with Crippen LogP contribution in [-0.4, -0.2) is 16.8 Å². The van der Waals surface area contributed by atoms with Gasteiger partial charge in [-0.05, 0) is 24.3 Å². The zero-order valence-electron chi connectivity index (χ0n) is 9.99. The molecule has 4 nitrogen and oxygen atoms in total. The van der Waals surface area contributed by atoms with Crippen molar-refractivity contribution in [3.8, 4) is 0 Å². The number of anilines is 1. The summed E-state index contributed by atoms with van der Waals surface area (Å²) in [7, 11) is 0. The van der Waals surface area contributed by atoms with Crippen LogP contribution in [0, 0.1) is 23.7 Å². The third kappa shape index (κ3) is 1.38. The molecule has 1 saturated heterocycles. The van der Waals surface area contributed by atoms with E-state index in [0.29, 0.717) is 10.8 Å². The van der Waals surface area contributed by atoms with E-state index in [1.54, 1.807) is 12.1 Å². The summed E-state index contributed by atoms with van der Waals surface area (Å²) in [6, 6.07) is 3.19. The average Bonchev–Trinajstić information content (AvgIpc) is 3.04. The van der Waals surface area contributed by atoms with E-state index in [1.165, 1.54) is 11.1 Å². The normalized spacial score (nSPS) is 35.3. The number of hydrogen-bond donors (Lipinski definition) is 0. The standard InChI is InChI=1S/C14H11ClN2O2/c15-9-3-4-16-10(6-9)17-13(18)11-7-1-2-8(5-7)12(11)14(17)19/h1-4,6-8,11-12H,5H2/t7-,8+,11-,12+. The van der Waals surface area contributed by atoms with Gasteiger partial charge in [0, 0.05) is 17.3 Å². The Bertz CT molecular complexity index is 598. The number of rotatable bonds is 1. The number of carbonyl (C=O) groups is 2. The molecule has 0 spiro atoms. The number of aromatic nitrogens is 1. The minimum Gasteiger partial charge on any atom is -0.274 e. The number of carbonyl (C=O) groups excluding carboxylic acids is 2. The molecule has 2 heterocycles. The van der Waals surface area contributed by atoms with Crippen molar-refractivity contribution in [2.75, 3.05) is 4.90 Å². The zero-order chi connectivity index (χ0) is 13.1. The molecule has 0 unspecified atom stereocenters. The van der Waals surface area contributed by atoms with Gasteiger partial charge in [-0.2, -0.15) is 0 Å². The van der Waals surface area contributed by atoms with Gasteiger partial charge in [0.2, 0.25) is 11.8 Å². The molecule has 1 aromatic rings. The molecule has 1 aliphatic heterocycles. The average molecular weight is 275 g/mol. The Kier molecular flexibility index (Phi) is 2.16. The van der Waals surface area contributed by atoms with Crippen LogP contribution in [0.25, 0.3) is 0 Å². The molecule has 19 heavy (non-hydrogen) atoms. The summed E-state index contributed by atoms with van der Waals surface area (Å²) in [5, 5.41) is 0.476. The number of pyridine rings is 1. The van der Waals surface area contributed by atoms with Gasteiger partial charge >= 0.3 is 0 Å². The van der Waals surface area contributed by atoms with Crippen LogP contribution in [-0.2, 0) is 9.59 Å². The molecule has 4 rings (SSSR count). The summed E-state index contributed by atoms with van der Waals surface area (Å²) in [6.07, 6.45) is 6.60. The number of fused-ring (bicyclic) bond motifs is 5. The van der Waals surface area contributed by atoms with E-state index in [1.807, 2.05) is 0 Å². The fraction of sp³-hybridized carbons (Fsp3) is 0.357. The number of allylic oxidation sites excluding steroid dienone is 2. The Labute approximate surface area is 115 Å². The highest BCUT2D eigenvalue weighted by atomic mass is 35.5. The lowest BCUT2D eigenvalue weighted by Crippen LogP contribution is -2.33. The van der Waals surface area contributed by atoms with Crippen molar-refractivity contribution in [2.24, 2.45) is 23.7 Å². The summed E-state index contributed by atoms with van der Waals surface area (Å²) in [5.74, 6) is 0.150. The van der Waals surface area contributed by atoms with Crippen LogP contribution in [0.1, 0.15) is 6.42 Å². The maximum Gasteiger partial charge on any atom is 0.239 e. The van der Waals surface area contributed by atoms with E-state index < -0.39 is 0 Å². The van der Waals surface area contributed by atoms with Crippen LogP contribution in [0.2, 0.25) is 5.02 Å². The lowest BCUT2D eigenvalue weighted by Gasteiger charge is -2.16. The Morgan fingerprint density at radius 1 is 1.16 bits per heavy atom. The second kappa shape index (κ2) is 3.67. The van der Waals surface area contributed by atoms with E-state index in [0.717, 1.165) is 6.42 Å². The molecule has 2 fully saturated rings. The molecule has 2 aliphatic carbocycles. The molecule has 4 atom stereocenters. The second-order valence-corrected chi connectivity index (χ2v) is 5.78. The number of amides is 2. The minimum atomic E-state index is -0.191. The predicted octanol–water partition coefficient (Wildman–Crippen LogP) is 2.05. The highest BCUT2D eigenvalue weighted by Gasteiger charge is 2.59. The van der Waals surface area contributed by atoms with E-state index in [-0.39, 0.29) is 35.5 Å². The third-order valence-corrected chi connectivity index (χ3v) is 4.64. The maximum atomic E-state index is 12.5. The van der Waals surface area contributed by atoms with Crippen LogP contribution in [0.4, 0.5) is 5.82 Å². The summed E-state index contributed by atoms with van der Waals surface area (Å²) < 4.78 is 0. The highest BCUT2D eigenvalue weighted by molar-refractivity contribution is 6.31. The summed E-state index contributed by atoms with van der Waals surface area (Å²) in [5.41, 5.74) is 0. The lowest BCUT2D eigenvalue weighted by molar-refractivity contribution is -0.123. The molecule has 96 valence electrons. The number of imide groups is 1. The number of hydrogen-bond acceptors (Lipinski definition) is 3. The molecule has 2 amide bonds. The van der Waals surface area contributed by atoms with Gasteiger partial charge in [-0.15, -0.1) is 0 Å². The Hall–Kier alpha value is -1.68. The van der Waals surface area contributed by atoms with Gasteiger partial charge in [-0.25, -0.2) is 9.88 Å². The van der Waals surface area contributed by atoms with Gasteiger partial charge in [0.05, 0.1) is 11.8 Å². The van der Waals surface area contributed by atoms with Gasteiger partial charge in [0.25, 0.3) is 0 Å². The third-order valence-electron chi connectivity index (χ3n) is 4.41. The highest BCUT2D eigenvalue weighted by Crippen LogP contribution is 2.53. The molecule has 0 aromatic carbocycles. The van der Waals surface area contributed by atoms with Crippen molar-refractivity contribution in [3.63, 3.8) is 0 Å². The first kappa shape index (κ1) is 11.2. The Balaban J connectivity index is 1.77. The number of halogens is 1. The SMILES string of the molecule is O=C1[C@@H]2[C@H](C(=O)N1c1cc(Cl)ccn1)[C@@H]1C=C[C@H]2C1. The van der Waals surface area contributed by atoms with E-state index in [2.05, 4.69) is 17.1 Å². The lowest BCUT2D eigenvalue weighted by atomic mass is 9.85. The van der Waals surface area contributed by atoms with Crippen molar-refractivity contribution in [1.29, 1.82) is 0 Å². The molecular formula is C14H11ClN2O2. The maximum absolute atomic E-state index is 12.5. The summed E-state index contributed by atoms with van der Waals surface area (Å²) in [6.45, 7) is 0. The topological polar surface area (TPSA) is 50.3 Å². The largest absolute Gasteiger partial charge is 0.274 e. The summed E-state index contributed by atoms with van der Waals surface area (Å²) >= 11 is 5.91. The van der Waals surface area contributed by atoms with Crippen molar-refractivity contribution < 1.29 is 9.59 Å². The van der Waals surface area contributed by atoms with Crippen LogP contribution < -0.4 is 4.90 Å². The number of nitrogens with zero attached hydrogens (tertiary/aromatic N) is 2. The second-order valence-electron chi connectivity index (χ2n) is 5.34. The fourth-order valence-electron chi connectivity index (χ4n) is 3.64. The van der Waals surface area contributed by atoms with Crippen molar-refractivity contribution in [2.45, 2.75) is 6.42 Å². The first-order valence-corrected chi connectivity index (χ1v) is 6.72. The molecular weight excluding hydrogens is 264 g/mol. The summed E-state index contributed by atoms with van der Waals surface area (Å²) in [4.78, 5) is 30.3. The molecule has 1 saturated carbocycles. The fourth-order valence-corrected chi connectivity index (χ4v) is 3.80. The van der Waals surface area contributed by atoms with E-state index >= 15 is 0 Å². The molecule has 2 bridgehead atoms. The monoisotopic (exact) mass is 274 g/mol. The van der Waals surface area contributed by atoms with Crippen LogP contribution in [0.3, 0.4) is 0 Å². The Morgan fingerprint density at radius 3 is 2.37 bits per heavy atom. The predicted molar refractivity (Wildman–Crippen MR) is 69.5 cm³/mol. The van der Waals surface area contributed by atoms with Gasteiger partial charge < -0.3 is 0 Å². The Morgan fingerprint density at radius 2 is 1.79 bits per heavy atom. The van der Waals surface area contributed by atoms with Crippen molar-refractivity contribution in [1.82, 2.24) is 4.98 Å². The van der Waals surface area contributed by atoms with E-state index in [9.17, 15) is 9.59 Å². The van der Waals surface area contributed by atoms with Gasteiger partial charge in [-0.3, -0.25) is 9.59 Å². The molecule has 0 radical (unpaired) electrons. The smallest absolute Gasteiger partial charge is 0.239 e. The molecule has 5 heteroatoms.